The van der Waals surface area contributed by atoms with Gasteiger partial charge in [0.15, 0.2) is 11.5 Å². The summed E-state index contributed by atoms with van der Waals surface area (Å²) in [6.45, 7) is 0. The predicted molar refractivity (Wildman–Crippen MR) is 117 cm³/mol. The van der Waals surface area contributed by atoms with Crippen molar-refractivity contribution in [3.05, 3.63) is 65.7 Å². The Morgan fingerprint density at radius 2 is 1.50 bits per heavy atom. The van der Waals surface area contributed by atoms with Crippen LogP contribution in [-0.2, 0) is 6.42 Å². The number of fused-ring (bicyclic) bond motifs is 1. The second-order valence-corrected chi connectivity index (χ2v) is 6.84. The molecule has 0 aliphatic carbocycles. The maximum atomic E-state index is 5.51. The van der Waals surface area contributed by atoms with E-state index in [1.54, 1.807) is 28.4 Å². The molecule has 0 aliphatic heterocycles. The molecule has 1 aromatic heterocycles. The van der Waals surface area contributed by atoms with Gasteiger partial charge in [-0.1, -0.05) is 30.3 Å². The number of imidazole rings is 1. The summed E-state index contributed by atoms with van der Waals surface area (Å²) in [7, 11) is 6.46. The molecule has 0 saturated carbocycles. The molecule has 0 radical (unpaired) electrons. The lowest BCUT2D eigenvalue weighted by atomic mass is 10.0. The summed E-state index contributed by atoms with van der Waals surface area (Å²) < 4.78 is 21.9. The molecule has 1 heterocycles. The molecule has 4 aromatic rings. The molecule has 0 spiro atoms. The van der Waals surface area contributed by atoms with Gasteiger partial charge in [0.05, 0.1) is 39.5 Å². The molecule has 3 aromatic carbocycles. The Bertz CT molecular complexity index is 1140. The number of nitrogens with one attached hydrogen (secondary N) is 1. The number of hydrogen-bond donors (Lipinski definition) is 1. The Labute approximate surface area is 175 Å². The molecule has 6 nitrogen and oxygen atoms in total. The molecule has 1 N–H and O–H groups in total. The van der Waals surface area contributed by atoms with E-state index in [2.05, 4.69) is 17.1 Å². The highest BCUT2D eigenvalue weighted by atomic mass is 16.5. The van der Waals surface area contributed by atoms with Crippen molar-refractivity contribution >= 4 is 11.0 Å². The van der Waals surface area contributed by atoms with E-state index in [1.807, 2.05) is 42.5 Å². The fourth-order valence-corrected chi connectivity index (χ4v) is 3.58. The van der Waals surface area contributed by atoms with Gasteiger partial charge in [-0.2, -0.15) is 0 Å². The van der Waals surface area contributed by atoms with Crippen LogP contribution < -0.4 is 18.9 Å². The van der Waals surface area contributed by atoms with Gasteiger partial charge in [-0.25, -0.2) is 4.98 Å². The van der Waals surface area contributed by atoms with E-state index in [1.165, 1.54) is 5.56 Å². The van der Waals surface area contributed by atoms with E-state index in [9.17, 15) is 0 Å². The van der Waals surface area contributed by atoms with Crippen LogP contribution in [0.25, 0.3) is 22.4 Å². The number of H-pyrrole nitrogens is 1. The number of ether oxygens (including phenoxy) is 4. The topological polar surface area (TPSA) is 65.6 Å². The highest BCUT2D eigenvalue weighted by Gasteiger charge is 2.17. The maximum absolute atomic E-state index is 5.51. The summed E-state index contributed by atoms with van der Waals surface area (Å²) in [6, 6.07) is 18.1. The van der Waals surface area contributed by atoms with Crippen LogP contribution in [0.4, 0.5) is 0 Å². The molecular formula is C24H24N2O4. The van der Waals surface area contributed by atoms with Crippen molar-refractivity contribution in [3.63, 3.8) is 0 Å². The standard InChI is InChI=1S/C24H24N2O4/c1-27-18-11-16(10-15-8-6-5-7-9-15)22-19(14-18)25-24(26-22)17-12-20(28-2)23(30-4)21(13-17)29-3/h5-9,11-14H,10H2,1-4H3,(H,25,26). The zero-order valence-corrected chi connectivity index (χ0v) is 17.5. The van der Waals surface area contributed by atoms with Gasteiger partial charge in [0, 0.05) is 11.6 Å². The van der Waals surface area contributed by atoms with Gasteiger partial charge >= 0.3 is 0 Å². The Morgan fingerprint density at radius 3 is 2.10 bits per heavy atom. The first-order valence-electron chi connectivity index (χ1n) is 9.57. The van der Waals surface area contributed by atoms with E-state index >= 15 is 0 Å². The van der Waals surface area contributed by atoms with E-state index in [0.29, 0.717) is 23.1 Å². The lowest BCUT2D eigenvalue weighted by Crippen LogP contribution is -1.96. The largest absolute Gasteiger partial charge is 0.497 e. The highest BCUT2D eigenvalue weighted by Crippen LogP contribution is 2.41. The quantitative estimate of drug-likeness (QED) is 0.477. The van der Waals surface area contributed by atoms with E-state index in [4.69, 9.17) is 23.9 Å². The second kappa shape index (κ2) is 8.37. The van der Waals surface area contributed by atoms with E-state index in [-0.39, 0.29) is 0 Å². The molecule has 154 valence electrons. The maximum Gasteiger partial charge on any atom is 0.203 e. The number of nitrogens with zero attached hydrogens (tertiary/aromatic N) is 1. The third kappa shape index (κ3) is 3.64. The summed E-state index contributed by atoms with van der Waals surface area (Å²) in [6.07, 6.45) is 0.758. The molecule has 0 bridgehead atoms. The zero-order chi connectivity index (χ0) is 21.1. The van der Waals surface area contributed by atoms with Gasteiger partial charge in [0.25, 0.3) is 0 Å². The molecule has 0 unspecified atom stereocenters. The summed E-state index contributed by atoms with van der Waals surface area (Å²) in [5.74, 6) is 3.20. The average molecular weight is 404 g/mol. The number of aromatic amines is 1. The third-order valence-electron chi connectivity index (χ3n) is 5.05. The lowest BCUT2D eigenvalue weighted by Gasteiger charge is -2.13. The second-order valence-electron chi connectivity index (χ2n) is 6.84. The molecule has 0 atom stereocenters. The highest BCUT2D eigenvalue weighted by molar-refractivity contribution is 5.85. The lowest BCUT2D eigenvalue weighted by molar-refractivity contribution is 0.324. The van der Waals surface area contributed by atoms with Gasteiger partial charge < -0.3 is 23.9 Å². The monoisotopic (exact) mass is 404 g/mol. The molecule has 0 amide bonds. The Hall–Kier alpha value is -3.67. The summed E-state index contributed by atoms with van der Waals surface area (Å²) in [5.41, 5.74) is 4.95. The third-order valence-corrected chi connectivity index (χ3v) is 5.05. The van der Waals surface area contributed by atoms with Gasteiger partial charge in [0.1, 0.15) is 11.6 Å². The Morgan fingerprint density at radius 1 is 0.800 bits per heavy atom. The van der Waals surface area contributed by atoms with E-state index in [0.717, 1.165) is 34.3 Å². The van der Waals surface area contributed by atoms with Gasteiger partial charge in [-0.05, 0) is 35.7 Å². The number of aromatic nitrogens is 2. The fraction of sp³-hybridized carbons (Fsp3) is 0.208. The van der Waals surface area contributed by atoms with Crippen molar-refractivity contribution in [2.75, 3.05) is 28.4 Å². The number of benzene rings is 3. The first-order valence-corrected chi connectivity index (χ1v) is 9.57. The number of hydrogen-bond acceptors (Lipinski definition) is 5. The molecule has 6 heteroatoms. The number of methoxy groups -OCH3 is 4. The van der Waals surface area contributed by atoms with Crippen LogP contribution in [0.2, 0.25) is 0 Å². The molecule has 4 rings (SSSR count). The number of rotatable bonds is 7. The van der Waals surface area contributed by atoms with Crippen LogP contribution in [0.15, 0.2) is 54.6 Å². The summed E-state index contributed by atoms with van der Waals surface area (Å²) >= 11 is 0. The smallest absolute Gasteiger partial charge is 0.203 e. The Kier molecular flexibility index (Phi) is 5.48. The molecular weight excluding hydrogens is 380 g/mol. The van der Waals surface area contributed by atoms with Crippen molar-refractivity contribution in [2.45, 2.75) is 6.42 Å². The van der Waals surface area contributed by atoms with E-state index < -0.39 is 0 Å². The normalized spacial score (nSPS) is 10.8. The van der Waals surface area contributed by atoms with Crippen LogP contribution in [-0.4, -0.2) is 38.4 Å². The van der Waals surface area contributed by atoms with Crippen molar-refractivity contribution in [3.8, 4) is 34.4 Å². The summed E-state index contributed by atoms with van der Waals surface area (Å²) in [4.78, 5) is 8.31. The van der Waals surface area contributed by atoms with Crippen molar-refractivity contribution in [1.82, 2.24) is 9.97 Å². The predicted octanol–water partition coefficient (Wildman–Crippen LogP) is 4.86. The molecule has 0 saturated heterocycles. The van der Waals surface area contributed by atoms with Crippen LogP contribution in [0, 0.1) is 0 Å². The molecule has 30 heavy (non-hydrogen) atoms. The Balaban J connectivity index is 1.85. The van der Waals surface area contributed by atoms with Crippen LogP contribution in [0.3, 0.4) is 0 Å². The first-order chi connectivity index (χ1) is 14.7. The molecule has 0 fully saturated rings. The van der Waals surface area contributed by atoms with Crippen molar-refractivity contribution < 1.29 is 18.9 Å². The van der Waals surface area contributed by atoms with Gasteiger partial charge in [-0.3, -0.25) is 0 Å². The SMILES string of the molecule is COc1cc(Cc2ccccc2)c2nc(-c3cc(OC)c(OC)c(OC)c3)[nH]c2c1. The zero-order valence-electron chi connectivity index (χ0n) is 17.5. The van der Waals surface area contributed by atoms with Crippen LogP contribution >= 0.6 is 0 Å². The fourth-order valence-electron chi connectivity index (χ4n) is 3.58. The molecule has 0 aliphatic rings. The minimum Gasteiger partial charge on any atom is -0.497 e. The first kappa shape index (κ1) is 19.6. The van der Waals surface area contributed by atoms with Gasteiger partial charge in [0.2, 0.25) is 5.75 Å². The van der Waals surface area contributed by atoms with Crippen LogP contribution in [0.5, 0.6) is 23.0 Å². The summed E-state index contributed by atoms with van der Waals surface area (Å²) in [5, 5.41) is 0. The van der Waals surface area contributed by atoms with Crippen LogP contribution in [0.1, 0.15) is 11.1 Å². The minimum atomic E-state index is 0.547. The van der Waals surface area contributed by atoms with Crippen molar-refractivity contribution in [1.29, 1.82) is 0 Å². The minimum absolute atomic E-state index is 0.547. The average Bonchev–Trinajstić information content (AvgIpc) is 3.23. The van der Waals surface area contributed by atoms with Gasteiger partial charge in [-0.15, -0.1) is 0 Å². The van der Waals surface area contributed by atoms with Crippen molar-refractivity contribution in [2.24, 2.45) is 0 Å².